The molecule has 0 unspecified atom stereocenters. The second-order valence-electron chi connectivity index (χ2n) is 5.28. The third-order valence-electron chi connectivity index (χ3n) is 3.05. The molecule has 7 heteroatoms. The molecule has 112 valence electrons. The molecule has 0 saturated heterocycles. The van der Waals surface area contributed by atoms with E-state index < -0.39 is 4.92 Å². The number of pyridine rings is 1. The first-order chi connectivity index (χ1) is 9.95. The van der Waals surface area contributed by atoms with Gasteiger partial charge in [0.05, 0.1) is 28.4 Å². The summed E-state index contributed by atoms with van der Waals surface area (Å²) in [6, 6.07) is 2.43. The Bertz CT molecular complexity index is 691. The number of rotatable bonds is 6. The Morgan fingerprint density at radius 2 is 2.19 bits per heavy atom. The third-order valence-corrected chi connectivity index (χ3v) is 4.00. The van der Waals surface area contributed by atoms with Crippen molar-refractivity contribution in [3.8, 4) is 0 Å². The fourth-order valence-electron chi connectivity index (χ4n) is 1.87. The molecular weight excluding hydrogens is 290 g/mol. The van der Waals surface area contributed by atoms with Crippen molar-refractivity contribution in [2.75, 3.05) is 0 Å². The summed E-state index contributed by atoms with van der Waals surface area (Å²) in [4.78, 5) is 26.5. The molecule has 2 aromatic heterocycles. The number of hydrogen-bond acceptors (Lipinski definition) is 5. The number of aromatic nitrogens is 2. The second kappa shape index (κ2) is 6.62. The molecule has 6 nitrogen and oxygen atoms in total. The largest absolute Gasteiger partial charge is 0.303 e. The SMILES string of the molecule is CC(C)CCc1nc(Cn2cc([N+](=O)[O-])ccc2=O)cs1. The molecule has 0 radical (unpaired) electrons. The quantitative estimate of drug-likeness (QED) is 0.607. The summed E-state index contributed by atoms with van der Waals surface area (Å²) in [6.07, 6.45) is 3.26. The minimum Gasteiger partial charge on any atom is -0.303 e. The van der Waals surface area contributed by atoms with Gasteiger partial charge < -0.3 is 4.57 Å². The van der Waals surface area contributed by atoms with Crippen molar-refractivity contribution in [2.24, 2.45) is 5.92 Å². The van der Waals surface area contributed by atoms with Crippen LogP contribution in [0.5, 0.6) is 0 Å². The van der Waals surface area contributed by atoms with Crippen LogP contribution in [0.25, 0.3) is 0 Å². The Labute approximate surface area is 126 Å². The fourth-order valence-corrected chi connectivity index (χ4v) is 2.68. The van der Waals surface area contributed by atoms with Crippen molar-refractivity contribution >= 4 is 17.0 Å². The van der Waals surface area contributed by atoms with Gasteiger partial charge in [0.1, 0.15) is 0 Å². The predicted octanol–water partition coefficient (Wildman–Crippen LogP) is 2.85. The van der Waals surface area contributed by atoms with Crippen LogP contribution in [-0.2, 0) is 13.0 Å². The molecule has 2 heterocycles. The zero-order chi connectivity index (χ0) is 15.4. The first kappa shape index (κ1) is 15.4. The lowest BCUT2D eigenvalue weighted by Crippen LogP contribution is -2.19. The lowest BCUT2D eigenvalue weighted by molar-refractivity contribution is -0.385. The van der Waals surface area contributed by atoms with Gasteiger partial charge >= 0.3 is 0 Å². The molecule has 0 atom stereocenters. The third kappa shape index (κ3) is 4.22. The highest BCUT2D eigenvalue weighted by atomic mass is 32.1. The van der Waals surface area contributed by atoms with E-state index in [0.29, 0.717) is 5.92 Å². The van der Waals surface area contributed by atoms with E-state index in [1.165, 1.54) is 22.9 Å². The number of thiazole rings is 1. The molecule has 0 N–H and O–H groups in total. The van der Waals surface area contributed by atoms with Crippen molar-refractivity contribution < 1.29 is 4.92 Å². The summed E-state index contributed by atoms with van der Waals surface area (Å²) >= 11 is 1.57. The number of aryl methyl sites for hydroxylation is 1. The second-order valence-corrected chi connectivity index (χ2v) is 6.22. The minimum atomic E-state index is -0.509. The summed E-state index contributed by atoms with van der Waals surface area (Å²) in [5.74, 6) is 0.622. The summed E-state index contributed by atoms with van der Waals surface area (Å²) < 4.78 is 1.32. The highest BCUT2D eigenvalue weighted by Gasteiger charge is 2.10. The summed E-state index contributed by atoms with van der Waals surface area (Å²) in [7, 11) is 0. The molecule has 2 rings (SSSR count). The van der Waals surface area contributed by atoms with E-state index in [4.69, 9.17) is 0 Å². The van der Waals surface area contributed by atoms with Crippen LogP contribution in [0.3, 0.4) is 0 Å². The zero-order valence-electron chi connectivity index (χ0n) is 12.0. The molecule has 0 aromatic carbocycles. The lowest BCUT2D eigenvalue weighted by atomic mass is 10.1. The van der Waals surface area contributed by atoms with Crippen molar-refractivity contribution in [1.29, 1.82) is 0 Å². The Balaban J connectivity index is 2.13. The van der Waals surface area contributed by atoms with Gasteiger partial charge in [-0.2, -0.15) is 0 Å². The Morgan fingerprint density at radius 1 is 1.43 bits per heavy atom. The molecule has 21 heavy (non-hydrogen) atoms. The predicted molar refractivity (Wildman–Crippen MR) is 81.7 cm³/mol. The van der Waals surface area contributed by atoms with Gasteiger partial charge in [-0.25, -0.2) is 4.98 Å². The first-order valence-electron chi connectivity index (χ1n) is 6.74. The molecule has 0 bridgehead atoms. The van der Waals surface area contributed by atoms with E-state index >= 15 is 0 Å². The summed E-state index contributed by atoms with van der Waals surface area (Å²) in [5, 5.41) is 13.7. The average molecular weight is 307 g/mol. The number of nitrogens with zero attached hydrogens (tertiary/aromatic N) is 3. The maximum absolute atomic E-state index is 11.7. The van der Waals surface area contributed by atoms with Crippen LogP contribution >= 0.6 is 11.3 Å². The molecule has 0 amide bonds. The summed E-state index contributed by atoms with van der Waals surface area (Å²) in [5.41, 5.74) is 0.406. The Hall–Kier alpha value is -2.02. The van der Waals surface area contributed by atoms with E-state index in [1.807, 2.05) is 5.38 Å². The van der Waals surface area contributed by atoms with Gasteiger partial charge in [-0.15, -0.1) is 11.3 Å². The smallest absolute Gasteiger partial charge is 0.285 e. The topological polar surface area (TPSA) is 78.0 Å². The molecular formula is C14H17N3O3S. The highest BCUT2D eigenvalue weighted by molar-refractivity contribution is 7.09. The van der Waals surface area contributed by atoms with Gasteiger partial charge in [0.25, 0.3) is 11.2 Å². The van der Waals surface area contributed by atoms with E-state index in [1.54, 1.807) is 11.3 Å². The molecule has 0 fully saturated rings. The maximum atomic E-state index is 11.7. The van der Waals surface area contributed by atoms with Gasteiger partial charge in [-0.1, -0.05) is 13.8 Å². The molecule has 0 spiro atoms. The van der Waals surface area contributed by atoms with Crippen LogP contribution in [0.15, 0.2) is 28.5 Å². The van der Waals surface area contributed by atoms with Gasteiger partial charge in [0.15, 0.2) is 0 Å². The van der Waals surface area contributed by atoms with Crippen LogP contribution in [0, 0.1) is 16.0 Å². The first-order valence-corrected chi connectivity index (χ1v) is 7.62. The minimum absolute atomic E-state index is 0.0927. The van der Waals surface area contributed by atoms with Crippen LogP contribution in [0.4, 0.5) is 5.69 Å². The Morgan fingerprint density at radius 3 is 2.86 bits per heavy atom. The molecule has 0 saturated carbocycles. The molecule has 0 aliphatic rings. The van der Waals surface area contributed by atoms with Crippen LogP contribution in [0.2, 0.25) is 0 Å². The number of hydrogen-bond donors (Lipinski definition) is 0. The molecule has 2 aromatic rings. The standard InChI is InChI=1S/C14H17N3O3S/c1-10(2)3-5-13-15-11(9-21-13)7-16-8-12(17(19)20)4-6-14(16)18/h4,6,8-10H,3,5,7H2,1-2H3. The maximum Gasteiger partial charge on any atom is 0.285 e. The zero-order valence-corrected chi connectivity index (χ0v) is 12.8. The van der Waals surface area contributed by atoms with E-state index in [2.05, 4.69) is 18.8 Å². The normalized spacial score (nSPS) is 11.0. The molecule has 0 aliphatic carbocycles. The van der Waals surface area contributed by atoms with Gasteiger partial charge in [0, 0.05) is 17.5 Å². The molecule has 0 aliphatic heterocycles. The van der Waals surface area contributed by atoms with Crippen molar-refractivity contribution in [3.63, 3.8) is 0 Å². The van der Waals surface area contributed by atoms with Crippen molar-refractivity contribution in [1.82, 2.24) is 9.55 Å². The lowest BCUT2D eigenvalue weighted by Gasteiger charge is -2.03. The van der Waals surface area contributed by atoms with Crippen LogP contribution < -0.4 is 5.56 Å². The summed E-state index contributed by atoms with van der Waals surface area (Å²) in [6.45, 7) is 4.59. The van der Waals surface area contributed by atoms with E-state index in [0.717, 1.165) is 23.5 Å². The van der Waals surface area contributed by atoms with Crippen LogP contribution in [-0.4, -0.2) is 14.5 Å². The van der Waals surface area contributed by atoms with Crippen LogP contribution in [0.1, 0.15) is 31.0 Å². The monoisotopic (exact) mass is 307 g/mol. The average Bonchev–Trinajstić information content (AvgIpc) is 2.86. The fraction of sp³-hybridized carbons (Fsp3) is 0.429. The van der Waals surface area contributed by atoms with E-state index in [9.17, 15) is 14.9 Å². The Kier molecular flexibility index (Phi) is 4.85. The van der Waals surface area contributed by atoms with Gasteiger partial charge in [-0.05, 0) is 18.8 Å². The van der Waals surface area contributed by atoms with Gasteiger partial charge in [-0.3, -0.25) is 14.9 Å². The van der Waals surface area contributed by atoms with Gasteiger partial charge in [0.2, 0.25) is 0 Å². The van der Waals surface area contributed by atoms with E-state index in [-0.39, 0.29) is 17.8 Å². The highest BCUT2D eigenvalue weighted by Crippen LogP contribution is 2.15. The van der Waals surface area contributed by atoms with Crippen molar-refractivity contribution in [3.05, 3.63) is 54.9 Å². The number of nitro groups is 1. The van der Waals surface area contributed by atoms with Crippen molar-refractivity contribution in [2.45, 2.75) is 33.2 Å².